The number of nitrogens with zero attached hydrogens (tertiary/aromatic N) is 1. The number of hydrogen-bond acceptors (Lipinski definition) is 5. The summed E-state index contributed by atoms with van der Waals surface area (Å²) in [6.45, 7) is 0.890. The summed E-state index contributed by atoms with van der Waals surface area (Å²) in [7, 11) is 3.07. The number of amides is 3. The number of methoxy groups -OCH3 is 2. The maximum Gasteiger partial charge on any atom is 0.254 e. The Hall–Kier alpha value is -4.07. The molecular weight excluding hydrogens is 446 g/mol. The number of rotatable bonds is 6. The van der Waals surface area contributed by atoms with Crippen molar-refractivity contribution >= 4 is 28.5 Å². The minimum atomic E-state index is -0.283. The lowest BCUT2D eigenvalue weighted by atomic mass is 9.95. The molecule has 0 spiro atoms. The van der Waals surface area contributed by atoms with E-state index in [1.807, 2.05) is 42.5 Å². The van der Waals surface area contributed by atoms with Gasteiger partial charge in [-0.3, -0.25) is 25.2 Å². The van der Waals surface area contributed by atoms with Crippen LogP contribution >= 0.6 is 0 Å². The first-order valence-electron chi connectivity index (χ1n) is 11.6. The van der Waals surface area contributed by atoms with E-state index in [1.165, 1.54) is 14.2 Å². The van der Waals surface area contributed by atoms with Crippen LogP contribution in [0.15, 0.2) is 60.7 Å². The summed E-state index contributed by atoms with van der Waals surface area (Å²) in [6.07, 6.45) is 1.19. The molecule has 0 saturated carbocycles. The molecule has 4 rings (SSSR count). The SMILES string of the molecule is COc1cc(OC)cc(C(=O)N2CCC(C(=O)NNC(=O)Cc3cccc4ccccc34)CC2)c1. The van der Waals surface area contributed by atoms with Crippen LogP contribution in [0.1, 0.15) is 28.8 Å². The smallest absolute Gasteiger partial charge is 0.254 e. The summed E-state index contributed by atoms with van der Waals surface area (Å²) in [4.78, 5) is 39.7. The molecule has 0 aromatic heterocycles. The quantitative estimate of drug-likeness (QED) is 0.534. The molecule has 1 fully saturated rings. The molecule has 3 aromatic carbocycles. The molecule has 35 heavy (non-hydrogen) atoms. The number of carbonyl (C=O) groups excluding carboxylic acids is 3. The number of fused-ring (bicyclic) bond motifs is 1. The zero-order valence-electron chi connectivity index (χ0n) is 19.9. The third-order valence-corrected chi connectivity index (χ3v) is 6.31. The summed E-state index contributed by atoms with van der Waals surface area (Å²) in [5.74, 6) is 0.143. The van der Waals surface area contributed by atoms with E-state index in [9.17, 15) is 14.4 Å². The van der Waals surface area contributed by atoms with Gasteiger partial charge in [0.15, 0.2) is 0 Å². The molecule has 182 valence electrons. The van der Waals surface area contributed by atoms with Gasteiger partial charge in [0.25, 0.3) is 5.91 Å². The van der Waals surface area contributed by atoms with Crippen molar-refractivity contribution in [1.82, 2.24) is 15.8 Å². The zero-order chi connectivity index (χ0) is 24.8. The molecule has 1 aliphatic rings. The number of benzene rings is 3. The molecule has 1 heterocycles. The van der Waals surface area contributed by atoms with Crippen LogP contribution in [0.4, 0.5) is 0 Å². The first-order valence-corrected chi connectivity index (χ1v) is 11.6. The number of hydrazine groups is 1. The van der Waals surface area contributed by atoms with E-state index in [1.54, 1.807) is 23.1 Å². The summed E-state index contributed by atoms with van der Waals surface area (Å²) >= 11 is 0. The number of carbonyl (C=O) groups is 3. The molecule has 2 N–H and O–H groups in total. The Balaban J connectivity index is 1.28. The summed E-state index contributed by atoms with van der Waals surface area (Å²) in [5.41, 5.74) is 6.46. The van der Waals surface area contributed by atoms with Gasteiger partial charge in [-0.1, -0.05) is 42.5 Å². The lowest BCUT2D eigenvalue weighted by molar-refractivity contribution is -0.131. The van der Waals surface area contributed by atoms with Crippen LogP contribution in [0.3, 0.4) is 0 Å². The van der Waals surface area contributed by atoms with Gasteiger partial charge < -0.3 is 14.4 Å². The van der Waals surface area contributed by atoms with Crippen LogP contribution in [0.5, 0.6) is 11.5 Å². The molecule has 8 heteroatoms. The van der Waals surface area contributed by atoms with Crippen molar-refractivity contribution in [3.8, 4) is 11.5 Å². The number of likely N-dealkylation sites (tertiary alicyclic amines) is 1. The largest absolute Gasteiger partial charge is 0.497 e. The molecule has 0 unspecified atom stereocenters. The standard InChI is InChI=1S/C27H29N3O5/c1-34-22-14-21(15-23(17-22)35-2)27(33)30-12-10-19(11-13-30)26(32)29-28-25(31)16-20-8-5-7-18-6-3-4-9-24(18)20/h3-9,14-15,17,19H,10-13,16H2,1-2H3,(H,28,31)(H,29,32). The van der Waals surface area contributed by atoms with Gasteiger partial charge in [0, 0.05) is 30.6 Å². The second-order valence-electron chi connectivity index (χ2n) is 8.52. The molecule has 0 radical (unpaired) electrons. The van der Waals surface area contributed by atoms with Crippen molar-refractivity contribution in [1.29, 1.82) is 0 Å². The van der Waals surface area contributed by atoms with Crippen molar-refractivity contribution in [2.45, 2.75) is 19.3 Å². The molecule has 3 aromatic rings. The van der Waals surface area contributed by atoms with Gasteiger partial charge in [-0.15, -0.1) is 0 Å². The Kier molecular flexibility index (Phi) is 7.50. The van der Waals surface area contributed by atoms with Gasteiger partial charge >= 0.3 is 0 Å². The normalized spacial score (nSPS) is 13.8. The van der Waals surface area contributed by atoms with E-state index in [-0.39, 0.29) is 30.1 Å². The van der Waals surface area contributed by atoms with Crippen LogP contribution in [0, 0.1) is 5.92 Å². The van der Waals surface area contributed by atoms with Crippen LogP contribution in [-0.2, 0) is 16.0 Å². The first kappa shape index (κ1) is 24.1. The van der Waals surface area contributed by atoms with Gasteiger partial charge in [-0.2, -0.15) is 0 Å². The minimum absolute atomic E-state index is 0.135. The van der Waals surface area contributed by atoms with E-state index in [2.05, 4.69) is 10.9 Å². The molecular formula is C27H29N3O5. The van der Waals surface area contributed by atoms with Crippen molar-refractivity contribution in [2.24, 2.45) is 5.92 Å². The minimum Gasteiger partial charge on any atom is -0.497 e. The van der Waals surface area contributed by atoms with Gasteiger partial charge in [0.1, 0.15) is 11.5 Å². The third-order valence-electron chi connectivity index (χ3n) is 6.31. The molecule has 1 saturated heterocycles. The Morgan fingerprint density at radius 3 is 2.23 bits per heavy atom. The highest BCUT2D eigenvalue weighted by Gasteiger charge is 2.28. The van der Waals surface area contributed by atoms with E-state index < -0.39 is 0 Å². The van der Waals surface area contributed by atoms with Crippen molar-refractivity contribution in [2.75, 3.05) is 27.3 Å². The zero-order valence-corrected chi connectivity index (χ0v) is 19.9. The third kappa shape index (κ3) is 5.71. The Morgan fingerprint density at radius 1 is 0.886 bits per heavy atom. The maximum absolute atomic E-state index is 13.0. The van der Waals surface area contributed by atoms with Gasteiger partial charge in [-0.25, -0.2) is 0 Å². The molecule has 3 amide bonds. The van der Waals surface area contributed by atoms with Crippen molar-refractivity contribution < 1.29 is 23.9 Å². The predicted molar refractivity (Wildman–Crippen MR) is 132 cm³/mol. The lowest BCUT2D eigenvalue weighted by Crippen LogP contribution is -2.48. The molecule has 8 nitrogen and oxygen atoms in total. The molecule has 0 atom stereocenters. The maximum atomic E-state index is 13.0. The number of ether oxygens (including phenoxy) is 2. The van der Waals surface area contributed by atoms with E-state index >= 15 is 0 Å². The van der Waals surface area contributed by atoms with Gasteiger partial charge in [0.2, 0.25) is 11.8 Å². The summed E-state index contributed by atoms with van der Waals surface area (Å²) in [6, 6.07) is 18.8. The van der Waals surface area contributed by atoms with Crippen LogP contribution in [0.25, 0.3) is 10.8 Å². The lowest BCUT2D eigenvalue weighted by Gasteiger charge is -2.31. The second-order valence-corrected chi connectivity index (χ2v) is 8.52. The Bertz CT molecular complexity index is 1210. The number of piperidine rings is 1. The molecule has 1 aliphatic heterocycles. The van der Waals surface area contributed by atoms with E-state index in [0.29, 0.717) is 43.0 Å². The number of nitrogens with one attached hydrogen (secondary N) is 2. The predicted octanol–water partition coefficient (Wildman–Crippen LogP) is 3.10. The first-order chi connectivity index (χ1) is 17.0. The number of hydrogen-bond donors (Lipinski definition) is 2. The Labute approximate surface area is 204 Å². The van der Waals surface area contributed by atoms with Gasteiger partial charge in [-0.05, 0) is 41.3 Å². The highest BCUT2D eigenvalue weighted by Crippen LogP contribution is 2.25. The summed E-state index contributed by atoms with van der Waals surface area (Å²) in [5, 5.41) is 2.08. The fourth-order valence-electron chi connectivity index (χ4n) is 4.36. The average molecular weight is 476 g/mol. The van der Waals surface area contributed by atoms with Crippen molar-refractivity contribution in [3.05, 3.63) is 71.8 Å². The summed E-state index contributed by atoms with van der Waals surface area (Å²) < 4.78 is 10.5. The second kappa shape index (κ2) is 10.9. The molecule has 0 bridgehead atoms. The van der Waals surface area contributed by atoms with Crippen LogP contribution in [-0.4, -0.2) is 49.9 Å². The van der Waals surface area contributed by atoms with E-state index in [0.717, 1.165) is 16.3 Å². The monoisotopic (exact) mass is 475 g/mol. The fraction of sp³-hybridized carbons (Fsp3) is 0.296. The van der Waals surface area contributed by atoms with E-state index in [4.69, 9.17) is 9.47 Å². The van der Waals surface area contributed by atoms with Crippen LogP contribution in [0.2, 0.25) is 0 Å². The van der Waals surface area contributed by atoms with Crippen LogP contribution < -0.4 is 20.3 Å². The average Bonchev–Trinajstić information content (AvgIpc) is 2.91. The highest BCUT2D eigenvalue weighted by atomic mass is 16.5. The highest BCUT2D eigenvalue weighted by molar-refractivity contribution is 5.95. The Morgan fingerprint density at radius 2 is 1.54 bits per heavy atom. The molecule has 0 aliphatic carbocycles. The fourth-order valence-corrected chi connectivity index (χ4v) is 4.36. The van der Waals surface area contributed by atoms with Gasteiger partial charge in [0.05, 0.1) is 20.6 Å². The topological polar surface area (TPSA) is 97.0 Å². The van der Waals surface area contributed by atoms with Crippen molar-refractivity contribution in [3.63, 3.8) is 0 Å².